The molecule has 0 saturated heterocycles. The van der Waals surface area contributed by atoms with Gasteiger partial charge in [-0.05, 0) is 60.1 Å². The third-order valence-corrected chi connectivity index (χ3v) is 8.70. The molecular weight excluding hydrogens is 625 g/mol. The van der Waals surface area contributed by atoms with Crippen LogP contribution in [0.15, 0.2) is 77.2 Å². The Balaban J connectivity index is 1.66. The van der Waals surface area contributed by atoms with E-state index >= 15 is 0 Å². The van der Waals surface area contributed by atoms with Gasteiger partial charge in [0.05, 0.1) is 40.1 Å². The second-order valence-electron chi connectivity index (χ2n) is 10.1. The summed E-state index contributed by atoms with van der Waals surface area (Å²) in [5.41, 5.74) is 2.02. The van der Waals surface area contributed by atoms with Crippen molar-refractivity contribution in [3.63, 3.8) is 0 Å². The maximum atomic E-state index is 13.7. The van der Waals surface area contributed by atoms with Gasteiger partial charge in [-0.25, -0.2) is 32.1 Å². The van der Waals surface area contributed by atoms with E-state index in [2.05, 4.69) is 15.3 Å². The molecular formula is C31H23ClFN5O6S. The highest BCUT2D eigenvalue weighted by atomic mass is 35.5. The molecule has 3 heterocycles. The minimum atomic E-state index is -3.83. The Morgan fingerprint density at radius 2 is 1.71 bits per heavy atom. The number of carbonyl (C=O) groups excluding carboxylic acids is 1. The second kappa shape index (κ2) is 11.0. The van der Waals surface area contributed by atoms with Crippen LogP contribution in [0.1, 0.15) is 10.4 Å². The van der Waals surface area contributed by atoms with Gasteiger partial charge in [-0.1, -0.05) is 18.2 Å². The zero-order chi connectivity index (χ0) is 32.2. The van der Waals surface area contributed by atoms with Gasteiger partial charge in [-0.2, -0.15) is 0 Å². The number of anilines is 1. The molecule has 228 valence electrons. The molecule has 6 rings (SSSR count). The number of amides is 1. The lowest BCUT2D eigenvalue weighted by Gasteiger charge is -2.20. The van der Waals surface area contributed by atoms with Gasteiger partial charge in [0.2, 0.25) is 15.3 Å². The molecule has 0 radical (unpaired) electrons. The van der Waals surface area contributed by atoms with Crippen molar-refractivity contribution in [2.24, 2.45) is 0 Å². The average molecular weight is 648 g/mol. The van der Waals surface area contributed by atoms with Crippen molar-refractivity contribution < 1.29 is 31.9 Å². The van der Waals surface area contributed by atoms with Crippen LogP contribution in [0.25, 0.3) is 55.8 Å². The van der Waals surface area contributed by atoms with Gasteiger partial charge in [0.25, 0.3) is 5.91 Å². The molecule has 0 spiro atoms. The minimum absolute atomic E-state index is 0.125. The van der Waals surface area contributed by atoms with Gasteiger partial charge in [-0.3, -0.25) is 9.10 Å². The summed E-state index contributed by atoms with van der Waals surface area (Å²) in [5, 5.41) is 13.4. The van der Waals surface area contributed by atoms with Crippen molar-refractivity contribution >= 4 is 61.2 Å². The quantitative estimate of drug-likeness (QED) is 0.202. The Morgan fingerprint density at radius 3 is 2.38 bits per heavy atom. The summed E-state index contributed by atoms with van der Waals surface area (Å²) in [7, 11) is -1.04. The third-order valence-electron chi connectivity index (χ3n) is 7.34. The van der Waals surface area contributed by atoms with Gasteiger partial charge < -0.3 is 14.8 Å². The summed E-state index contributed by atoms with van der Waals surface area (Å²) in [6.07, 6.45) is -0.226. The second-order valence-corrected chi connectivity index (χ2v) is 12.5. The van der Waals surface area contributed by atoms with E-state index in [1.54, 1.807) is 36.4 Å². The highest BCUT2D eigenvalue weighted by Crippen LogP contribution is 2.42. The van der Waals surface area contributed by atoms with Crippen molar-refractivity contribution in [1.29, 1.82) is 0 Å². The Hall–Kier alpha value is -5.27. The summed E-state index contributed by atoms with van der Waals surface area (Å²) in [5.74, 6) is -0.841. The summed E-state index contributed by atoms with van der Waals surface area (Å²) >= 11 is 6.40. The zero-order valence-electron chi connectivity index (χ0n) is 23.9. The molecule has 3 aromatic heterocycles. The fourth-order valence-electron chi connectivity index (χ4n) is 5.17. The monoisotopic (exact) mass is 647 g/mol. The average Bonchev–Trinajstić information content (AvgIpc) is 3.58. The molecule has 14 heteroatoms. The SMILES string of the molecule is CNC(=O)c1c(-c2ccc(F)cc2)oc2cc(N(C)S(C)(=O)=O)c(-c3cc(-c4cc5ccccc5n4C(=O)O)nc(Cl)n3)cc12. The van der Waals surface area contributed by atoms with E-state index < -0.39 is 27.8 Å². The molecule has 11 nitrogen and oxygen atoms in total. The maximum Gasteiger partial charge on any atom is 0.416 e. The molecule has 0 saturated carbocycles. The van der Waals surface area contributed by atoms with E-state index in [0.29, 0.717) is 21.9 Å². The molecule has 0 unspecified atom stereocenters. The number of aromatic nitrogens is 3. The number of carbonyl (C=O) groups is 2. The Morgan fingerprint density at radius 1 is 1.02 bits per heavy atom. The lowest BCUT2D eigenvalue weighted by molar-refractivity contribution is 0.0964. The van der Waals surface area contributed by atoms with E-state index in [9.17, 15) is 27.5 Å². The van der Waals surface area contributed by atoms with E-state index in [-0.39, 0.29) is 50.5 Å². The molecule has 3 aromatic carbocycles. The number of fused-ring (bicyclic) bond motifs is 2. The number of hydrogen-bond acceptors (Lipinski definition) is 7. The van der Waals surface area contributed by atoms with Crippen LogP contribution in [-0.2, 0) is 10.0 Å². The number of para-hydroxylation sites is 1. The number of benzene rings is 3. The molecule has 45 heavy (non-hydrogen) atoms. The fourth-order valence-corrected chi connectivity index (χ4v) is 5.86. The fraction of sp³-hybridized carbons (Fsp3) is 0.0968. The van der Waals surface area contributed by atoms with Gasteiger partial charge in [0.1, 0.15) is 17.2 Å². The van der Waals surface area contributed by atoms with E-state index in [4.69, 9.17) is 16.0 Å². The largest absolute Gasteiger partial charge is 0.464 e. The van der Waals surface area contributed by atoms with Crippen LogP contribution in [0.3, 0.4) is 0 Å². The van der Waals surface area contributed by atoms with Crippen molar-refractivity contribution in [3.8, 4) is 34.0 Å². The number of sulfonamides is 1. The van der Waals surface area contributed by atoms with Crippen molar-refractivity contribution in [2.45, 2.75) is 0 Å². The normalized spacial score (nSPS) is 11.7. The van der Waals surface area contributed by atoms with Crippen LogP contribution in [-0.4, -0.2) is 60.4 Å². The van der Waals surface area contributed by atoms with Crippen molar-refractivity contribution in [3.05, 3.63) is 89.5 Å². The molecule has 0 bridgehead atoms. The van der Waals surface area contributed by atoms with E-state index in [0.717, 1.165) is 15.1 Å². The Bertz CT molecular complexity index is 2280. The Labute approximate surface area is 260 Å². The Kier molecular flexibility index (Phi) is 7.29. The zero-order valence-corrected chi connectivity index (χ0v) is 25.4. The van der Waals surface area contributed by atoms with Gasteiger partial charge in [-0.15, -0.1) is 0 Å². The van der Waals surface area contributed by atoms with E-state index in [1.807, 2.05) is 0 Å². The minimum Gasteiger partial charge on any atom is -0.464 e. The van der Waals surface area contributed by atoms with Gasteiger partial charge >= 0.3 is 6.09 Å². The topological polar surface area (TPSA) is 148 Å². The first kappa shape index (κ1) is 29.8. The highest BCUT2D eigenvalue weighted by molar-refractivity contribution is 7.92. The molecule has 6 aromatic rings. The molecule has 0 aliphatic heterocycles. The maximum absolute atomic E-state index is 13.7. The van der Waals surface area contributed by atoms with Crippen LogP contribution in [0.2, 0.25) is 5.28 Å². The molecule has 2 N–H and O–H groups in total. The van der Waals surface area contributed by atoms with Crippen molar-refractivity contribution in [2.75, 3.05) is 24.7 Å². The number of nitrogens with zero attached hydrogens (tertiary/aromatic N) is 4. The molecule has 0 aliphatic rings. The number of hydrogen-bond donors (Lipinski definition) is 2. The number of rotatable bonds is 6. The molecule has 1 amide bonds. The number of carboxylic acid groups (broad SMARTS) is 1. The molecule has 0 atom stereocenters. The highest BCUT2D eigenvalue weighted by Gasteiger charge is 2.27. The van der Waals surface area contributed by atoms with Gasteiger partial charge in [0.15, 0.2) is 0 Å². The summed E-state index contributed by atoms with van der Waals surface area (Å²) < 4.78 is 47.5. The van der Waals surface area contributed by atoms with E-state index in [1.165, 1.54) is 50.5 Å². The predicted molar refractivity (Wildman–Crippen MR) is 169 cm³/mol. The summed E-state index contributed by atoms with van der Waals surface area (Å²) in [6, 6.07) is 18.4. The van der Waals surface area contributed by atoms with Crippen molar-refractivity contribution in [1.82, 2.24) is 19.9 Å². The number of halogens is 2. The molecule has 0 aliphatic carbocycles. The summed E-state index contributed by atoms with van der Waals surface area (Å²) in [6.45, 7) is 0. The first-order chi connectivity index (χ1) is 21.4. The third kappa shape index (κ3) is 5.25. The van der Waals surface area contributed by atoms with Gasteiger partial charge in [0, 0.05) is 42.1 Å². The molecule has 0 fully saturated rings. The van der Waals surface area contributed by atoms with Crippen LogP contribution in [0.5, 0.6) is 0 Å². The lowest BCUT2D eigenvalue weighted by Crippen LogP contribution is -2.25. The van der Waals surface area contributed by atoms with Crippen LogP contribution >= 0.6 is 11.6 Å². The van der Waals surface area contributed by atoms with Crippen LogP contribution in [0, 0.1) is 5.82 Å². The first-order valence-corrected chi connectivity index (χ1v) is 15.5. The van der Waals surface area contributed by atoms with Crippen LogP contribution in [0.4, 0.5) is 14.9 Å². The lowest BCUT2D eigenvalue weighted by atomic mass is 10.0. The predicted octanol–water partition coefficient (Wildman–Crippen LogP) is 6.25. The first-order valence-electron chi connectivity index (χ1n) is 13.3. The summed E-state index contributed by atoms with van der Waals surface area (Å²) in [4.78, 5) is 34.2. The standard InChI is InChI=1S/C31H23ClFN5O6S/c1-34-29(39)27-20-13-19(24(37(2)45(3,42)43)15-26(20)44-28(27)16-8-10-18(33)11-9-16)21-14-22(36-30(32)35-21)25-12-17-6-4-5-7-23(17)38(25)31(40)41/h4-15H,1-3H3,(H,34,39)(H,40,41). The smallest absolute Gasteiger partial charge is 0.416 e. The number of nitrogens with one attached hydrogen (secondary N) is 1. The number of furan rings is 1. The van der Waals surface area contributed by atoms with Crippen LogP contribution < -0.4 is 9.62 Å².